The van der Waals surface area contributed by atoms with Crippen molar-refractivity contribution < 1.29 is 19.7 Å². The number of methoxy groups -OCH3 is 2. The summed E-state index contributed by atoms with van der Waals surface area (Å²) in [6.45, 7) is 4.43. The number of hydrogen-bond donors (Lipinski definition) is 2. The molecule has 0 aromatic heterocycles. The Hall–Kier alpha value is -2.36. The molecule has 0 heterocycles. The zero-order valence-electron chi connectivity index (χ0n) is 14.7. The van der Waals surface area contributed by atoms with Gasteiger partial charge in [-0.25, -0.2) is 0 Å². The molecule has 0 radical (unpaired) electrons. The highest BCUT2D eigenvalue weighted by Gasteiger charge is 2.15. The topological polar surface area (TPSA) is 58.9 Å². The highest BCUT2D eigenvalue weighted by Crippen LogP contribution is 2.31. The van der Waals surface area contributed by atoms with Crippen LogP contribution in [0.25, 0.3) is 0 Å². The van der Waals surface area contributed by atoms with Crippen LogP contribution in [0.3, 0.4) is 0 Å². The fourth-order valence-corrected chi connectivity index (χ4v) is 2.86. The van der Waals surface area contributed by atoms with Crippen LogP contribution in [-0.2, 0) is 12.8 Å². The summed E-state index contributed by atoms with van der Waals surface area (Å²) in [5.41, 5.74) is 2.23. The summed E-state index contributed by atoms with van der Waals surface area (Å²) in [6, 6.07) is 11.1. The van der Waals surface area contributed by atoms with Crippen molar-refractivity contribution in [2.24, 2.45) is 11.8 Å². The summed E-state index contributed by atoms with van der Waals surface area (Å²) in [5, 5.41) is 19.6. The second-order valence-electron chi connectivity index (χ2n) is 6.38. The van der Waals surface area contributed by atoms with Crippen LogP contribution >= 0.6 is 0 Å². The molecule has 2 N–H and O–H groups in total. The van der Waals surface area contributed by atoms with Gasteiger partial charge < -0.3 is 19.7 Å². The number of hydrogen-bond acceptors (Lipinski definition) is 4. The predicted octanol–water partition coefficient (Wildman–Crippen LogP) is 4.17. The fourth-order valence-electron chi connectivity index (χ4n) is 2.86. The second-order valence-corrected chi connectivity index (χ2v) is 6.38. The van der Waals surface area contributed by atoms with E-state index < -0.39 is 0 Å². The molecule has 0 saturated carbocycles. The first-order valence-corrected chi connectivity index (χ1v) is 8.16. The Bertz CT molecular complexity index is 681. The molecule has 2 atom stereocenters. The maximum Gasteiger partial charge on any atom is 0.160 e. The largest absolute Gasteiger partial charge is 0.504 e. The molecule has 0 aliphatic rings. The molecule has 2 aromatic carbocycles. The van der Waals surface area contributed by atoms with Gasteiger partial charge in [-0.15, -0.1) is 0 Å². The van der Waals surface area contributed by atoms with Crippen LogP contribution in [0, 0.1) is 11.8 Å². The Morgan fingerprint density at radius 3 is 1.83 bits per heavy atom. The molecule has 2 rings (SSSR count). The summed E-state index contributed by atoms with van der Waals surface area (Å²) in [4.78, 5) is 0. The lowest BCUT2D eigenvalue weighted by Gasteiger charge is -2.21. The standard InChI is InChI=1S/C20H26O4/c1-13(9-15-6-8-19(23-3)18(22)11-15)14(2)10-16-5-7-17(21)20(12-16)24-4/h5-8,11-14,21-22H,9-10H2,1-4H3/t13-,14+/m0/s1. The van der Waals surface area contributed by atoms with Crippen LogP contribution in [0.5, 0.6) is 23.0 Å². The maximum atomic E-state index is 9.90. The number of benzene rings is 2. The van der Waals surface area contributed by atoms with E-state index in [1.807, 2.05) is 18.2 Å². The number of ether oxygens (including phenoxy) is 2. The van der Waals surface area contributed by atoms with Crippen molar-refractivity contribution in [2.75, 3.05) is 14.2 Å². The van der Waals surface area contributed by atoms with Gasteiger partial charge >= 0.3 is 0 Å². The number of phenols is 2. The van der Waals surface area contributed by atoms with Gasteiger partial charge in [0.25, 0.3) is 0 Å². The lowest BCUT2D eigenvalue weighted by molar-refractivity contribution is 0.365. The molecular weight excluding hydrogens is 304 g/mol. The quantitative estimate of drug-likeness (QED) is 0.800. The minimum absolute atomic E-state index is 0.163. The van der Waals surface area contributed by atoms with Crippen LogP contribution in [0.1, 0.15) is 25.0 Å². The lowest BCUT2D eigenvalue weighted by atomic mass is 9.85. The molecule has 0 spiro atoms. The molecular formula is C20H26O4. The van der Waals surface area contributed by atoms with Gasteiger partial charge in [-0.1, -0.05) is 26.0 Å². The van der Waals surface area contributed by atoms with E-state index >= 15 is 0 Å². The van der Waals surface area contributed by atoms with Gasteiger partial charge in [0.15, 0.2) is 23.0 Å². The summed E-state index contributed by atoms with van der Waals surface area (Å²) in [7, 11) is 3.10. The first-order chi connectivity index (χ1) is 11.4. The average Bonchev–Trinajstić information content (AvgIpc) is 2.56. The number of aromatic hydroxyl groups is 2. The number of rotatable bonds is 7. The fraction of sp³-hybridized carbons (Fsp3) is 0.400. The van der Waals surface area contributed by atoms with Crippen LogP contribution in [0.15, 0.2) is 36.4 Å². The molecule has 0 aliphatic heterocycles. The zero-order valence-corrected chi connectivity index (χ0v) is 14.7. The van der Waals surface area contributed by atoms with Crippen LogP contribution in [0.4, 0.5) is 0 Å². The summed E-state index contributed by atoms with van der Waals surface area (Å²) in [6.07, 6.45) is 1.79. The van der Waals surface area contributed by atoms with E-state index in [4.69, 9.17) is 9.47 Å². The van der Waals surface area contributed by atoms with Gasteiger partial charge in [0, 0.05) is 0 Å². The van der Waals surface area contributed by atoms with E-state index in [-0.39, 0.29) is 11.5 Å². The molecule has 24 heavy (non-hydrogen) atoms. The van der Waals surface area contributed by atoms with Crippen molar-refractivity contribution in [3.05, 3.63) is 47.5 Å². The minimum Gasteiger partial charge on any atom is -0.504 e. The maximum absolute atomic E-state index is 9.90. The smallest absolute Gasteiger partial charge is 0.160 e. The highest BCUT2D eigenvalue weighted by atomic mass is 16.5. The lowest BCUT2D eigenvalue weighted by Crippen LogP contribution is -2.13. The van der Waals surface area contributed by atoms with E-state index in [2.05, 4.69) is 13.8 Å². The summed E-state index contributed by atoms with van der Waals surface area (Å²) >= 11 is 0. The first kappa shape index (κ1) is 18.0. The van der Waals surface area contributed by atoms with Gasteiger partial charge in [-0.2, -0.15) is 0 Å². The average molecular weight is 330 g/mol. The van der Waals surface area contributed by atoms with Crippen LogP contribution in [-0.4, -0.2) is 24.4 Å². The van der Waals surface area contributed by atoms with E-state index in [0.717, 1.165) is 24.0 Å². The van der Waals surface area contributed by atoms with Crippen LogP contribution in [0.2, 0.25) is 0 Å². The van der Waals surface area contributed by atoms with Gasteiger partial charge in [0.1, 0.15) is 0 Å². The molecule has 130 valence electrons. The van der Waals surface area contributed by atoms with Gasteiger partial charge in [0.05, 0.1) is 14.2 Å². The van der Waals surface area contributed by atoms with Crippen molar-refractivity contribution in [3.63, 3.8) is 0 Å². The Balaban J connectivity index is 2.01. The normalized spacial score (nSPS) is 13.3. The molecule has 0 unspecified atom stereocenters. The molecule has 4 nitrogen and oxygen atoms in total. The molecule has 0 fully saturated rings. The van der Waals surface area contributed by atoms with Crippen LogP contribution < -0.4 is 9.47 Å². The molecule has 0 bridgehead atoms. The van der Waals surface area contributed by atoms with Crippen molar-refractivity contribution in [3.8, 4) is 23.0 Å². The Morgan fingerprint density at radius 2 is 1.29 bits per heavy atom. The van der Waals surface area contributed by atoms with Crippen molar-refractivity contribution in [1.82, 2.24) is 0 Å². The van der Waals surface area contributed by atoms with Gasteiger partial charge in [0.2, 0.25) is 0 Å². The van der Waals surface area contributed by atoms with E-state index in [0.29, 0.717) is 23.3 Å². The second kappa shape index (κ2) is 7.95. The Morgan fingerprint density at radius 1 is 0.750 bits per heavy atom. The molecule has 0 amide bonds. The molecule has 2 aromatic rings. The SMILES string of the molecule is COc1ccc(C[C@H](C)[C@H](C)Cc2ccc(O)c(OC)c2)cc1O. The highest BCUT2D eigenvalue weighted by molar-refractivity contribution is 5.42. The summed E-state index contributed by atoms with van der Waals surface area (Å²) in [5.74, 6) is 2.23. The van der Waals surface area contributed by atoms with E-state index in [9.17, 15) is 10.2 Å². The van der Waals surface area contributed by atoms with E-state index in [1.165, 1.54) is 0 Å². The molecule has 4 heteroatoms. The first-order valence-electron chi connectivity index (χ1n) is 8.16. The van der Waals surface area contributed by atoms with E-state index in [1.54, 1.807) is 32.4 Å². The van der Waals surface area contributed by atoms with Gasteiger partial charge in [-0.05, 0) is 60.1 Å². The van der Waals surface area contributed by atoms with Crippen molar-refractivity contribution in [1.29, 1.82) is 0 Å². The zero-order chi connectivity index (χ0) is 17.7. The monoisotopic (exact) mass is 330 g/mol. The third-order valence-corrected chi connectivity index (χ3v) is 4.57. The Labute approximate surface area is 143 Å². The number of phenolic OH excluding ortho intramolecular Hbond substituents is 2. The summed E-state index contributed by atoms with van der Waals surface area (Å²) < 4.78 is 10.2. The predicted molar refractivity (Wildman–Crippen MR) is 95.1 cm³/mol. The molecule has 0 saturated heterocycles. The van der Waals surface area contributed by atoms with Gasteiger partial charge in [-0.3, -0.25) is 0 Å². The van der Waals surface area contributed by atoms with Crippen molar-refractivity contribution in [2.45, 2.75) is 26.7 Å². The minimum atomic E-state index is 0.163. The van der Waals surface area contributed by atoms with Crippen molar-refractivity contribution >= 4 is 0 Å². The molecule has 0 aliphatic carbocycles. The third-order valence-electron chi connectivity index (χ3n) is 4.57. The Kier molecular flexibility index (Phi) is 5.96. The third kappa shape index (κ3) is 4.34.